The Kier molecular flexibility index (Phi) is 4.33. The van der Waals surface area contributed by atoms with E-state index in [4.69, 9.17) is 10.5 Å². The van der Waals surface area contributed by atoms with Crippen LogP contribution in [0.5, 0.6) is 5.75 Å². The molecule has 0 saturated heterocycles. The molecule has 4 heteroatoms. The first-order valence-corrected chi connectivity index (χ1v) is 7.25. The predicted molar refractivity (Wildman–Crippen MR) is 79.7 cm³/mol. The standard InChI is InChI=1S/C16H24N2O2/c1-4-18-16(15(17)19,13-8-9-13)10-20-14-7-5-6-11(2)12(14)3/h5-7,13,18H,4,8-10H2,1-3H3,(H2,17,19). The van der Waals surface area contributed by atoms with Crippen LogP contribution in [0.15, 0.2) is 18.2 Å². The zero-order valence-corrected chi connectivity index (χ0v) is 12.5. The largest absolute Gasteiger partial charge is 0.491 e. The van der Waals surface area contributed by atoms with Crippen molar-refractivity contribution >= 4 is 5.91 Å². The number of ether oxygens (including phenoxy) is 1. The van der Waals surface area contributed by atoms with Gasteiger partial charge in [-0.2, -0.15) is 0 Å². The first-order chi connectivity index (χ1) is 9.51. The van der Waals surface area contributed by atoms with Gasteiger partial charge in [-0.1, -0.05) is 19.1 Å². The van der Waals surface area contributed by atoms with E-state index in [1.165, 1.54) is 5.56 Å². The third kappa shape index (κ3) is 2.80. The number of likely N-dealkylation sites (N-methyl/N-ethyl adjacent to an activating group) is 1. The summed E-state index contributed by atoms with van der Waals surface area (Å²) in [6, 6.07) is 5.95. The molecule has 20 heavy (non-hydrogen) atoms. The monoisotopic (exact) mass is 276 g/mol. The molecule has 0 bridgehead atoms. The molecule has 0 heterocycles. The van der Waals surface area contributed by atoms with Crippen LogP contribution in [0.25, 0.3) is 0 Å². The Balaban J connectivity index is 2.16. The first kappa shape index (κ1) is 14.9. The number of nitrogens with two attached hydrogens (primary N) is 1. The summed E-state index contributed by atoms with van der Waals surface area (Å²) in [4.78, 5) is 11.9. The lowest BCUT2D eigenvalue weighted by Crippen LogP contribution is -2.61. The SMILES string of the molecule is CCNC(COc1cccc(C)c1C)(C(N)=O)C1CC1. The van der Waals surface area contributed by atoms with Crippen LogP contribution in [-0.2, 0) is 4.79 Å². The highest BCUT2D eigenvalue weighted by Crippen LogP contribution is 2.40. The molecule has 1 saturated carbocycles. The number of amides is 1. The van der Waals surface area contributed by atoms with Crippen LogP contribution in [0.1, 0.15) is 30.9 Å². The van der Waals surface area contributed by atoms with E-state index < -0.39 is 5.54 Å². The Bertz CT molecular complexity index is 497. The topological polar surface area (TPSA) is 64.3 Å². The zero-order chi connectivity index (χ0) is 14.8. The van der Waals surface area contributed by atoms with E-state index in [1.807, 2.05) is 26.0 Å². The van der Waals surface area contributed by atoms with Crippen molar-refractivity contribution in [1.29, 1.82) is 0 Å². The summed E-state index contributed by atoms with van der Waals surface area (Å²) in [5, 5.41) is 3.26. The molecule has 0 aromatic heterocycles. The van der Waals surface area contributed by atoms with Crippen molar-refractivity contribution in [2.24, 2.45) is 11.7 Å². The van der Waals surface area contributed by atoms with Crippen LogP contribution in [0.2, 0.25) is 0 Å². The van der Waals surface area contributed by atoms with E-state index in [0.29, 0.717) is 19.1 Å². The van der Waals surface area contributed by atoms with Gasteiger partial charge >= 0.3 is 0 Å². The third-order valence-corrected chi connectivity index (χ3v) is 4.22. The van der Waals surface area contributed by atoms with Gasteiger partial charge in [-0.05, 0) is 56.3 Å². The quantitative estimate of drug-likeness (QED) is 0.799. The molecule has 1 amide bonds. The number of rotatable bonds is 7. The maximum absolute atomic E-state index is 11.9. The van der Waals surface area contributed by atoms with E-state index in [0.717, 1.165) is 24.2 Å². The molecular weight excluding hydrogens is 252 g/mol. The molecule has 1 unspecified atom stereocenters. The van der Waals surface area contributed by atoms with E-state index in [2.05, 4.69) is 18.3 Å². The summed E-state index contributed by atoms with van der Waals surface area (Å²) in [5.41, 5.74) is 7.21. The smallest absolute Gasteiger partial charge is 0.241 e. The third-order valence-electron chi connectivity index (χ3n) is 4.22. The molecule has 110 valence electrons. The normalized spacial score (nSPS) is 17.6. The second kappa shape index (κ2) is 5.83. The van der Waals surface area contributed by atoms with Crippen molar-refractivity contribution in [1.82, 2.24) is 5.32 Å². The Morgan fingerprint density at radius 1 is 1.45 bits per heavy atom. The molecule has 0 spiro atoms. The molecule has 4 nitrogen and oxygen atoms in total. The van der Waals surface area contributed by atoms with Crippen LogP contribution < -0.4 is 15.8 Å². The molecule has 2 rings (SSSR count). The zero-order valence-electron chi connectivity index (χ0n) is 12.5. The summed E-state index contributed by atoms with van der Waals surface area (Å²) in [6.45, 7) is 7.06. The Morgan fingerprint density at radius 2 is 2.15 bits per heavy atom. The number of carbonyl (C=O) groups is 1. The first-order valence-electron chi connectivity index (χ1n) is 7.25. The van der Waals surface area contributed by atoms with Crippen molar-refractivity contribution in [2.75, 3.05) is 13.2 Å². The summed E-state index contributed by atoms with van der Waals surface area (Å²) >= 11 is 0. The highest BCUT2D eigenvalue weighted by Gasteiger charge is 2.50. The van der Waals surface area contributed by atoms with Crippen LogP contribution in [0, 0.1) is 19.8 Å². The minimum absolute atomic E-state index is 0.296. The van der Waals surface area contributed by atoms with Crippen LogP contribution in [-0.4, -0.2) is 24.6 Å². The molecule has 1 aliphatic rings. The maximum Gasteiger partial charge on any atom is 0.241 e. The summed E-state index contributed by atoms with van der Waals surface area (Å²) in [5.74, 6) is 0.811. The Hall–Kier alpha value is -1.55. The second-order valence-electron chi connectivity index (χ2n) is 5.63. The van der Waals surface area contributed by atoms with Gasteiger partial charge in [0.25, 0.3) is 0 Å². The van der Waals surface area contributed by atoms with E-state index in [-0.39, 0.29) is 5.91 Å². The van der Waals surface area contributed by atoms with Crippen molar-refractivity contribution < 1.29 is 9.53 Å². The van der Waals surface area contributed by atoms with E-state index in [1.54, 1.807) is 0 Å². The molecule has 1 fully saturated rings. The van der Waals surface area contributed by atoms with Crippen LogP contribution >= 0.6 is 0 Å². The van der Waals surface area contributed by atoms with Crippen molar-refractivity contribution in [3.63, 3.8) is 0 Å². The molecule has 1 aromatic carbocycles. The maximum atomic E-state index is 11.9. The summed E-state index contributed by atoms with van der Waals surface area (Å²) in [7, 11) is 0. The lowest BCUT2D eigenvalue weighted by atomic mass is 9.93. The second-order valence-corrected chi connectivity index (χ2v) is 5.63. The van der Waals surface area contributed by atoms with E-state index in [9.17, 15) is 4.79 Å². The number of aryl methyl sites for hydroxylation is 1. The van der Waals surface area contributed by atoms with Gasteiger partial charge in [0.15, 0.2) is 0 Å². The van der Waals surface area contributed by atoms with Gasteiger partial charge in [-0.15, -0.1) is 0 Å². The fourth-order valence-corrected chi connectivity index (χ4v) is 2.64. The number of primary amides is 1. The fraction of sp³-hybridized carbons (Fsp3) is 0.562. The molecule has 0 aliphatic heterocycles. The number of benzene rings is 1. The highest BCUT2D eigenvalue weighted by atomic mass is 16.5. The minimum atomic E-state index is -0.731. The van der Waals surface area contributed by atoms with Gasteiger partial charge in [0, 0.05) is 0 Å². The molecule has 1 aromatic rings. The van der Waals surface area contributed by atoms with E-state index >= 15 is 0 Å². The van der Waals surface area contributed by atoms with Gasteiger partial charge in [0.2, 0.25) is 5.91 Å². The van der Waals surface area contributed by atoms with Gasteiger partial charge in [0.1, 0.15) is 17.9 Å². The highest BCUT2D eigenvalue weighted by molar-refractivity contribution is 5.85. The predicted octanol–water partition coefficient (Wildman–Crippen LogP) is 1.93. The number of nitrogens with one attached hydrogen (secondary N) is 1. The van der Waals surface area contributed by atoms with Crippen LogP contribution in [0.3, 0.4) is 0 Å². The average Bonchev–Trinajstić information content (AvgIpc) is 3.23. The molecule has 1 aliphatic carbocycles. The van der Waals surface area contributed by atoms with Gasteiger partial charge in [-0.25, -0.2) is 0 Å². The Labute approximate surface area is 120 Å². The number of hydrogen-bond donors (Lipinski definition) is 2. The molecule has 0 radical (unpaired) electrons. The van der Waals surface area contributed by atoms with Gasteiger partial charge < -0.3 is 15.8 Å². The molecule has 1 atom stereocenters. The van der Waals surface area contributed by atoms with Crippen molar-refractivity contribution in [3.05, 3.63) is 29.3 Å². The Morgan fingerprint density at radius 3 is 2.70 bits per heavy atom. The summed E-state index contributed by atoms with van der Waals surface area (Å²) in [6.07, 6.45) is 2.07. The number of hydrogen-bond acceptors (Lipinski definition) is 3. The lowest BCUT2D eigenvalue weighted by Gasteiger charge is -2.31. The lowest BCUT2D eigenvalue weighted by molar-refractivity contribution is -0.126. The van der Waals surface area contributed by atoms with Gasteiger partial charge in [-0.3, -0.25) is 4.79 Å². The van der Waals surface area contributed by atoms with Gasteiger partial charge in [0.05, 0.1) is 0 Å². The average molecular weight is 276 g/mol. The van der Waals surface area contributed by atoms with Crippen LogP contribution in [0.4, 0.5) is 0 Å². The summed E-state index contributed by atoms with van der Waals surface area (Å²) < 4.78 is 5.93. The number of carbonyl (C=O) groups excluding carboxylic acids is 1. The molecular formula is C16H24N2O2. The molecule has 3 N–H and O–H groups in total. The fourth-order valence-electron chi connectivity index (χ4n) is 2.64. The van der Waals surface area contributed by atoms with Crippen molar-refractivity contribution in [3.8, 4) is 5.75 Å². The minimum Gasteiger partial charge on any atom is -0.491 e. The van der Waals surface area contributed by atoms with Crippen molar-refractivity contribution in [2.45, 2.75) is 39.2 Å².